The lowest BCUT2D eigenvalue weighted by atomic mass is 10.2. The Morgan fingerprint density at radius 1 is 1.37 bits per heavy atom. The molecule has 0 unspecified atom stereocenters. The van der Waals surface area contributed by atoms with Crippen LogP contribution in [0.3, 0.4) is 0 Å². The Morgan fingerprint density at radius 3 is 2.89 bits per heavy atom. The van der Waals surface area contributed by atoms with Crippen molar-refractivity contribution in [2.75, 3.05) is 12.4 Å². The lowest BCUT2D eigenvalue weighted by Gasteiger charge is -2.10. The summed E-state index contributed by atoms with van der Waals surface area (Å²) in [6.07, 6.45) is 2.56. The number of ether oxygens (including phenoxy) is 1. The van der Waals surface area contributed by atoms with Crippen LogP contribution in [0, 0.1) is 0 Å². The average molecular weight is 259 g/mol. The summed E-state index contributed by atoms with van der Waals surface area (Å²) in [4.78, 5) is 12.2. The van der Waals surface area contributed by atoms with Crippen molar-refractivity contribution in [1.29, 1.82) is 0 Å². The number of hydrogen-bond donors (Lipinski definition) is 1. The normalized spacial score (nSPS) is 10.2. The minimum absolute atomic E-state index is 0.185. The minimum Gasteiger partial charge on any atom is -0.495 e. The maximum absolute atomic E-state index is 12.2. The van der Waals surface area contributed by atoms with E-state index in [0.717, 1.165) is 13.0 Å². The number of carbonyl (C=O) groups is 1. The summed E-state index contributed by atoms with van der Waals surface area (Å²) in [5, 5.41) is 6.97. The molecule has 0 aliphatic heterocycles. The summed E-state index contributed by atoms with van der Waals surface area (Å²) >= 11 is 0. The second kappa shape index (κ2) is 6.04. The fourth-order valence-electron chi connectivity index (χ4n) is 1.85. The van der Waals surface area contributed by atoms with Gasteiger partial charge in [0.2, 0.25) is 0 Å². The molecule has 1 amide bonds. The average Bonchev–Trinajstić information content (AvgIpc) is 2.88. The zero-order chi connectivity index (χ0) is 13.7. The number of amides is 1. The van der Waals surface area contributed by atoms with Crippen LogP contribution in [0.5, 0.6) is 5.75 Å². The summed E-state index contributed by atoms with van der Waals surface area (Å²) in [5.74, 6) is 0.452. The van der Waals surface area contributed by atoms with E-state index in [1.807, 2.05) is 19.1 Å². The first-order chi connectivity index (χ1) is 9.26. The third-order valence-electron chi connectivity index (χ3n) is 2.74. The molecular weight excluding hydrogens is 242 g/mol. The summed E-state index contributed by atoms with van der Waals surface area (Å²) in [6, 6.07) is 9.02. The number of aromatic nitrogens is 2. The van der Waals surface area contributed by atoms with E-state index in [4.69, 9.17) is 4.74 Å². The van der Waals surface area contributed by atoms with Crippen LogP contribution in [-0.4, -0.2) is 22.8 Å². The van der Waals surface area contributed by atoms with Crippen molar-refractivity contribution in [3.05, 3.63) is 42.2 Å². The molecule has 0 aliphatic rings. The molecule has 1 aromatic heterocycles. The molecule has 2 rings (SSSR count). The molecule has 0 radical (unpaired) electrons. The molecule has 5 nitrogen and oxygen atoms in total. The van der Waals surface area contributed by atoms with Crippen LogP contribution >= 0.6 is 0 Å². The number of anilines is 1. The molecule has 0 saturated carbocycles. The predicted octanol–water partition coefficient (Wildman–Crippen LogP) is 2.55. The van der Waals surface area contributed by atoms with E-state index in [1.165, 1.54) is 0 Å². The van der Waals surface area contributed by atoms with Crippen molar-refractivity contribution in [3.63, 3.8) is 0 Å². The molecule has 0 spiro atoms. The second-order valence-corrected chi connectivity index (χ2v) is 4.09. The first-order valence-corrected chi connectivity index (χ1v) is 6.22. The minimum atomic E-state index is -0.185. The zero-order valence-corrected chi connectivity index (χ0v) is 11.1. The number of aryl methyl sites for hydroxylation is 1. The van der Waals surface area contributed by atoms with Crippen molar-refractivity contribution in [2.24, 2.45) is 0 Å². The molecule has 1 aromatic carbocycles. The number of nitrogens with one attached hydrogen (secondary N) is 1. The van der Waals surface area contributed by atoms with Crippen molar-refractivity contribution in [1.82, 2.24) is 9.78 Å². The highest BCUT2D eigenvalue weighted by molar-refractivity contribution is 6.03. The first kappa shape index (κ1) is 13.1. The van der Waals surface area contributed by atoms with Crippen molar-refractivity contribution >= 4 is 11.6 Å². The smallest absolute Gasteiger partial charge is 0.274 e. The number of hydrogen-bond acceptors (Lipinski definition) is 3. The maximum Gasteiger partial charge on any atom is 0.274 e. The van der Waals surface area contributed by atoms with Gasteiger partial charge >= 0.3 is 0 Å². The maximum atomic E-state index is 12.2. The van der Waals surface area contributed by atoms with Crippen LogP contribution in [0.15, 0.2) is 36.5 Å². The summed E-state index contributed by atoms with van der Waals surface area (Å²) in [7, 11) is 1.58. The number of methoxy groups -OCH3 is 1. The van der Waals surface area contributed by atoms with Gasteiger partial charge in [-0.2, -0.15) is 5.10 Å². The lowest BCUT2D eigenvalue weighted by molar-refractivity contribution is 0.101. The zero-order valence-electron chi connectivity index (χ0n) is 11.1. The van der Waals surface area contributed by atoms with Crippen molar-refractivity contribution in [3.8, 4) is 5.75 Å². The van der Waals surface area contributed by atoms with Gasteiger partial charge in [-0.25, -0.2) is 0 Å². The van der Waals surface area contributed by atoms with Gasteiger partial charge in [-0.15, -0.1) is 0 Å². The molecule has 100 valence electrons. The largest absolute Gasteiger partial charge is 0.495 e. The monoisotopic (exact) mass is 259 g/mol. The van der Waals surface area contributed by atoms with Crippen LogP contribution in [0.1, 0.15) is 23.8 Å². The molecule has 1 heterocycles. The molecular formula is C14H17N3O2. The highest BCUT2D eigenvalue weighted by Crippen LogP contribution is 2.23. The Balaban J connectivity index is 2.18. The fraction of sp³-hybridized carbons (Fsp3) is 0.286. The Bertz CT molecular complexity index is 563. The fourth-order valence-corrected chi connectivity index (χ4v) is 1.85. The number of benzene rings is 1. The van der Waals surface area contributed by atoms with Gasteiger partial charge in [0, 0.05) is 12.7 Å². The second-order valence-electron chi connectivity index (χ2n) is 4.09. The Labute approximate surface area is 112 Å². The summed E-state index contributed by atoms with van der Waals surface area (Å²) in [5.41, 5.74) is 1.20. The third-order valence-corrected chi connectivity index (χ3v) is 2.74. The molecule has 1 N–H and O–H groups in total. The van der Waals surface area contributed by atoms with E-state index in [1.54, 1.807) is 36.2 Å². The van der Waals surface area contributed by atoms with Gasteiger partial charge in [0.15, 0.2) is 0 Å². The Morgan fingerprint density at radius 2 is 2.16 bits per heavy atom. The first-order valence-electron chi connectivity index (χ1n) is 6.22. The van der Waals surface area contributed by atoms with Gasteiger partial charge < -0.3 is 10.1 Å². The summed E-state index contributed by atoms with van der Waals surface area (Å²) < 4.78 is 6.90. The molecule has 19 heavy (non-hydrogen) atoms. The van der Waals surface area contributed by atoms with Crippen LogP contribution in [-0.2, 0) is 6.54 Å². The molecule has 0 atom stereocenters. The Kier molecular flexibility index (Phi) is 4.18. The third kappa shape index (κ3) is 2.93. The predicted molar refractivity (Wildman–Crippen MR) is 73.5 cm³/mol. The number of rotatable bonds is 5. The lowest BCUT2D eigenvalue weighted by Crippen LogP contribution is -2.18. The van der Waals surface area contributed by atoms with Crippen LogP contribution in [0.25, 0.3) is 0 Å². The molecule has 0 fully saturated rings. The standard InChI is InChI=1S/C14H17N3O2/c1-3-10-17-12(8-9-15-17)14(18)16-11-6-4-5-7-13(11)19-2/h4-9H,3,10H2,1-2H3,(H,16,18). The molecule has 0 bridgehead atoms. The van der Waals surface area contributed by atoms with Crippen molar-refractivity contribution < 1.29 is 9.53 Å². The van der Waals surface area contributed by atoms with Gasteiger partial charge in [0.05, 0.1) is 12.8 Å². The van der Waals surface area contributed by atoms with Gasteiger partial charge in [0.25, 0.3) is 5.91 Å². The van der Waals surface area contributed by atoms with E-state index in [-0.39, 0.29) is 5.91 Å². The van der Waals surface area contributed by atoms with Gasteiger partial charge in [0.1, 0.15) is 11.4 Å². The Hall–Kier alpha value is -2.30. The van der Waals surface area contributed by atoms with E-state index in [2.05, 4.69) is 10.4 Å². The highest BCUT2D eigenvalue weighted by atomic mass is 16.5. The number of nitrogens with zero attached hydrogens (tertiary/aromatic N) is 2. The molecule has 5 heteroatoms. The SMILES string of the molecule is CCCn1nccc1C(=O)Nc1ccccc1OC. The molecule has 0 aliphatic carbocycles. The topological polar surface area (TPSA) is 56.2 Å². The summed E-state index contributed by atoms with van der Waals surface area (Å²) in [6.45, 7) is 2.77. The van der Waals surface area contributed by atoms with Gasteiger partial charge in [-0.1, -0.05) is 19.1 Å². The van der Waals surface area contributed by atoms with Crippen LogP contribution < -0.4 is 10.1 Å². The highest BCUT2D eigenvalue weighted by Gasteiger charge is 2.13. The van der Waals surface area contributed by atoms with Crippen molar-refractivity contribution in [2.45, 2.75) is 19.9 Å². The number of para-hydroxylation sites is 2. The van der Waals surface area contributed by atoms with Crippen LogP contribution in [0.4, 0.5) is 5.69 Å². The van der Waals surface area contributed by atoms with E-state index < -0.39 is 0 Å². The number of carbonyl (C=O) groups excluding carboxylic acids is 1. The quantitative estimate of drug-likeness (QED) is 0.897. The van der Waals surface area contributed by atoms with E-state index in [0.29, 0.717) is 17.1 Å². The van der Waals surface area contributed by atoms with E-state index >= 15 is 0 Å². The van der Waals surface area contributed by atoms with Crippen LogP contribution in [0.2, 0.25) is 0 Å². The van der Waals surface area contributed by atoms with E-state index in [9.17, 15) is 4.79 Å². The van der Waals surface area contributed by atoms with Gasteiger partial charge in [-0.05, 0) is 24.6 Å². The molecule has 0 saturated heterocycles. The molecule has 2 aromatic rings. The van der Waals surface area contributed by atoms with Gasteiger partial charge in [-0.3, -0.25) is 9.48 Å².